The maximum absolute atomic E-state index is 13.3. The van der Waals surface area contributed by atoms with Crippen molar-refractivity contribution >= 4 is 12.0 Å². The minimum atomic E-state index is -0.787. The fourth-order valence-corrected chi connectivity index (χ4v) is 3.51. The molecule has 0 atom stereocenters. The standard InChI is InChI=1S/C27H39N3O7/c1-26(2,3)37-25(33)29-30-16-13-20(31)23(36-18-19-11-9-8-10-12-19)22(30)24(32)28-15-14-27(4,5)17-21(34-6)35-7/h8-13,16,21H,14-15,17-18H2,1-7H3,(H,28,32)(H,29,33). The largest absolute Gasteiger partial charge is 0.482 e. The maximum atomic E-state index is 13.3. The van der Waals surface area contributed by atoms with Gasteiger partial charge in [-0.3, -0.25) is 9.59 Å². The van der Waals surface area contributed by atoms with E-state index in [0.717, 1.165) is 10.2 Å². The van der Waals surface area contributed by atoms with E-state index < -0.39 is 23.0 Å². The summed E-state index contributed by atoms with van der Waals surface area (Å²) in [4.78, 5) is 38.6. The predicted octanol–water partition coefficient (Wildman–Crippen LogP) is 4.06. The molecule has 0 aliphatic heterocycles. The molecule has 0 fully saturated rings. The summed E-state index contributed by atoms with van der Waals surface area (Å²) >= 11 is 0. The average molecular weight is 518 g/mol. The second kappa shape index (κ2) is 13.3. The molecule has 0 unspecified atom stereocenters. The lowest BCUT2D eigenvalue weighted by Crippen LogP contribution is -2.38. The molecule has 1 heterocycles. The van der Waals surface area contributed by atoms with Crippen molar-refractivity contribution in [3.63, 3.8) is 0 Å². The van der Waals surface area contributed by atoms with Crippen molar-refractivity contribution in [3.05, 3.63) is 64.1 Å². The number of ether oxygens (including phenoxy) is 4. The predicted molar refractivity (Wildman–Crippen MR) is 140 cm³/mol. The van der Waals surface area contributed by atoms with Crippen molar-refractivity contribution in [3.8, 4) is 5.75 Å². The van der Waals surface area contributed by atoms with Crippen molar-refractivity contribution in [1.82, 2.24) is 9.99 Å². The van der Waals surface area contributed by atoms with Crippen LogP contribution in [0.1, 0.15) is 63.5 Å². The smallest absolute Gasteiger partial charge is 0.426 e. The Bertz CT molecular complexity index is 1090. The molecule has 2 rings (SSSR count). The molecule has 0 saturated carbocycles. The second-order valence-corrected chi connectivity index (χ2v) is 10.4. The van der Waals surface area contributed by atoms with E-state index in [-0.39, 0.29) is 29.8 Å². The zero-order valence-corrected chi connectivity index (χ0v) is 22.8. The Kier molecular flexibility index (Phi) is 10.7. The number of benzene rings is 1. The number of nitrogens with one attached hydrogen (secondary N) is 2. The van der Waals surface area contributed by atoms with Crippen LogP contribution in [0.15, 0.2) is 47.4 Å². The van der Waals surface area contributed by atoms with Gasteiger partial charge in [-0.15, -0.1) is 0 Å². The summed E-state index contributed by atoms with van der Waals surface area (Å²) in [6.07, 6.45) is 1.38. The van der Waals surface area contributed by atoms with Gasteiger partial charge < -0.3 is 24.3 Å². The second-order valence-electron chi connectivity index (χ2n) is 10.4. The van der Waals surface area contributed by atoms with Crippen LogP contribution in [0.2, 0.25) is 0 Å². The van der Waals surface area contributed by atoms with Crippen LogP contribution < -0.4 is 20.9 Å². The Morgan fingerprint density at radius 3 is 2.24 bits per heavy atom. The Labute approximate surface area is 218 Å². The summed E-state index contributed by atoms with van der Waals surface area (Å²) in [7, 11) is 3.16. The fourth-order valence-electron chi connectivity index (χ4n) is 3.51. The number of hydrogen-bond acceptors (Lipinski definition) is 7. The molecule has 0 aliphatic rings. The molecule has 1 aromatic heterocycles. The van der Waals surface area contributed by atoms with Crippen LogP contribution in [0.4, 0.5) is 4.79 Å². The molecule has 0 aliphatic carbocycles. The van der Waals surface area contributed by atoms with Crippen LogP contribution in [0.3, 0.4) is 0 Å². The van der Waals surface area contributed by atoms with Crippen LogP contribution in [-0.2, 0) is 20.8 Å². The first kappa shape index (κ1) is 29.9. The van der Waals surface area contributed by atoms with Crippen LogP contribution in [0.5, 0.6) is 5.75 Å². The van der Waals surface area contributed by atoms with Gasteiger partial charge in [0, 0.05) is 39.4 Å². The lowest BCUT2D eigenvalue weighted by atomic mass is 9.85. The zero-order valence-electron chi connectivity index (χ0n) is 22.8. The van der Waals surface area contributed by atoms with E-state index >= 15 is 0 Å². The molecule has 0 spiro atoms. The molecule has 1 aromatic carbocycles. The summed E-state index contributed by atoms with van der Waals surface area (Å²) in [6, 6.07) is 10.5. The highest BCUT2D eigenvalue weighted by Gasteiger charge is 2.26. The Hall–Kier alpha value is -3.37. The Balaban J connectivity index is 2.28. The molecule has 2 aromatic rings. The maximum Gasteiger partial charge on any atom is 0.426 e. The van der Waals surface area contributed by atoms with Crippen molar-refractivity contribution in [2.45, 2.75) is 66.0 Å². The van der Waals surface area contributed by atoms with Gasteiger partial charge in [0.15, 0.2) is 17.7 Å². The monoisotopic (exact) mass is 517 g/mol. The third-order valence-corrected chi connectivity index (χ3v) is 5.44. The van der Waals surface area contributed by atoms with Crippen LogP contribution in [-0.4, -0.2) is 49.3 Å². The van der Waals surface area contributed by atoms with E-state index in [1.165, 1.54) is 12.3 Å². The quantitative estimate of drug-likeness (QED) is 0.408. The highest BCUT2D eigenvalue weighted by atomic mass is 16.7. The lowest BCUT2D eigenvalue weighted by Gasteiger charge is -2.28. The number of carbonyl (C=O) groups excluding carboxylic acids is 2. The molecule has 0 radical (unpaired) electrons. The highest BCUT2D eigenvalue weighted by molar-refractivity contribution is 5.96. The van der Waals surface area contributed by atoms with E-state index in [9.17, 15) is 14.4 Å². The summed E-state index contributed by atoms with van der Waals surface area (Å²) in [5.41, 5.74) is 1.72. The van der Waals surface area contributed by atoms with Gasteiger partial charge in [-0.25, -0.2) is 14.9 Å². The number of hydrogen-bond donors (Lipinski definition) is 2. The van der Waals surface area contributed by atoms with E-state index in [1.54, 1.807) is 35.0 Å². The van der Waals surface area contributed by atoms with Gasteiger partial charge in [0.05, 0.1) is 0 Å². The first-order chi connectivity index (χ1) is 17.3. The number of nitrogens with zero attached hydrogens (tertiary/aromatic N) is 1. The molecule has 2 N–H and O–H groups in total. The summed E-state index contributed by atoms with van der Waals surface area (Å²) in [5.74, 6) is -0.763. The molecular weight excluding hydrogens is 478 g/mol. The van der Waals surface area contributed by atoms with Gasteiger partial charge in [0.2, 0.25) is 5.43 Å². The first-order valence-corrected chi connectivity index (χ1v) is 12.1. The van der Waals surface area contributed by atoms with E-state index in [2.05, 4.69) is 10.7 Å². The summed E-state index contributed by atoms with van der Waals surface area (Å²) in [6.45, 7) is 9.62. The molecule has 204 valence electrons. The zero-order chi connectivity index (χ0) is 27.6. The van der Waals surface area contributed by atoms with Gasteiger partial charge >= 0.3 is 6.09 Å². The molecule has 10 heteroatoms. The van der Waals surface area contributed by atoms with Crippen LogP contribution in [0.25, 0.3) is 0 Å². The number of rotatable bonds is 12. The fraction of sp³-hybridized carbons (Fsp3) is 0.519. The van der Waals surface area contributed by atoms with Crippen molar-refractivity contribution < 1.29 is 28.5 Å². The minimum absolute atomic E-state index is 0.0647. The molecular formula is C27H39N3O7. The van der Waals surface area contributed by atoms with Gasteiger partial charge in [-0.05, 0) is 38.2 Å². The van der Waals surface area contributed by atoms with Gasteiger partial charge in [-0.2, -0.15) is 0 Å². The SMILES string of the molecule is COC(CC(C)(C)CCNC(=O)c1c(OCc2ccccc2)c(=O)ccn1NC(=O)OC(C)(C)C)OC. The highest BCUT2D eigenvalue weighted by Crippen LogP contribution is 2.27. The van der Waals surface area contributed by atoms with Crippen molar-refractivity contribution in [2.75, 3.05) is 26.2 Å². The van der Waals surface area contributed by atoms with E-state index in [1.807, 2.05) is 44.2 Å². The number of methoxy groups -OCH3 is 2. The van der Waals surface area contributed by atoms with Gasteiger partial charge in [0.25, 0.3) is 5.91 Å². The lowest BCUT2D eigenvalue weighted by molar-refractivity contribution is -0.122. The number of amides is 2. The number of carbonyl (C=O) groups is 2. The summed E-state index contributed by atoms with van der Waals surface area (Å²) < 4.78 is 22.9. The minimum Gasteiger partial charge on any atom is -0.482 e. The number of aromatic nitrogens is 1. The molecule has 0 bridgehead atoms. The third-order valence-electron chi connectivity index (χ3n) is 5.44. The van der Waals surface area contributed by atoms with Gasteiger partial charge in [0.1, 0.15) is 12.2 Å². The Morgan fingerprint density at radius 1 is 1.00 bits per heavy atom. The molecule has 10 nitrogen and oxygen atoms in total. The van der Waals surface area contributed by atoms with E-state index in [4.69, 9.17) is 18.9 Å². The van der Waals surface area contributed by atoms with Crippen LogP contribution in [0, 0.1) is 5.41 Å². The topological polar surface area (TPSA) is 117 Å². The van der Waals surface area contributed by atoms with E-state index in [0.29, 0.717) is 19.4 Å². The average Bonchev–Trinajstić information content (AvgIpc) is 2.81. The van der Waals surface area contributed by atoms with Crippen molar-refractivity contribution in [1.29, 1.82) is 0 Å². The third kappa shape index (κ3) is 9.89. The first-order valence-electron chi connectivity index (χ1n) is 12.1. The normalized spacial score (nSPS) is 11.8. The molecule has 0 saturated heterocycles. The molecule has 2 amide bonds. The van der Waals surface area contributed by atoms with Gasteiger partial charge in [-0.1, -0.05) is 44.2 Å². The van der Waals surface area contributed by atoms with Crippen LogP contribution >= 0.6 is 0 Å². The number of pyridine rings is 1. The summed E-state index contributed by atoms with van der Waals surface area (Å²) in [5, 5.41) is 2.84. The molecule has 37 heavy (non-hydrogen) atoms. The van der Waals surface area contributed by atoms with Crippen molar-refractivity contribution in [2.24, 2.45) is 5.41 Å². The Morgan fingerprint density at radius 2 is 1.65 bits per heavy atom.